The monoisotopic (exact) mass is 321 g/mol. The molecule has 1 aliphatic heterocycles. The first-order chi connectivity index (χ1) is 11.1. The van der Waals surface area contributed by atoms with Crippen LogP contribution in [0, 0.1) is 17.5 Å². The van der Waals surface area contributed by atoms with Crippen LogP contribution in [0.2, 0.25) is 0 Å². The van der Waals surface area contributed by atoms with E-state index >= 15 is 0 Å². The minimum atomic E-state index is -0.544. The highest BCUT2D eigenvalue weighted by molar-refractivity contribution is 5.18. The molecule has 1 aromatic carbocycles. The van der Waals surface area contributed by atoms with E-state index in [1.807, 2.05) is 0 Å². The van der Waals surface area contributed by atoms with Crippen LogP contribution < -0.4 is 0 Å². The topological polar surface area (TPSA) is 19.4 Å². The van der Waals surface area contributed by atoms with Gasteiger partial charge in [0, 0.05) is 51.5 Å². The first-order valence-corrected chi connectivity index (χ1v) is 7.57. The molecule has 122 valence electrons. The Balaban J connectivity index is 1.52. The fourth-order valence-electron chi connectivity index (χ4n) is 2.87. The van der Waals surface area contributed by atoms with Crippen LogP contribution in [-0.4, -0.2) is 41.0 Å². The van der Waals surface area contributed by atoms with E-state index in [2.05, 4.69) is 14.8 Å². The Hall–Kier alpha value is -1.92. The standard InChI is InChI=1S/C17H18F3N3/c18-15-5-13(6-16(19)8-15)11-22-1-3-23(4-2-22)12-14-7-17(20)10-21-9-14/h5-10H,1-4,11-12H2. The molecule has 0 radical (unpaired) electrons. The van der Waals surface area contributed by atoms with Crippen molar-refractivity contribution in [3.05, 3.63) is 65.2 Å². The fourth-order valence-corrected chi connectivity index (χ4v) is 2.87. The highest BCUT2D eigenvalue weighted by Gasteiger charge is 2.17. The van der Waals surface area contributed by atoms with Gasteiger partial charge < -0.3 is 0 Å². The minimum Gasteiger partial charge on any atom is -0.297 e. The highest BCUT2D eigenvalue weighted by atomic mass is 19.1. The Bertz CT molecular complexity index is 650. The Morgan fingerprint density at radius 1 is 0.696 bits per heavy atom. The minimum absolute atomic E-state index is 0.325. The molecule has 23 heavy (non-hydrogen) atoms. The number of aromatic nitrogens is 1. The molecule has 3 rings (SSSR count). The zero-order valence-electron chi connectivity index (χ0n) is 12.7. The normalized spacial score (nSPS) is 16.7. The van der Waals surface area contributed by atoms with Crippen molar-refractivity contribution in [2.24, 2.45) is 0 Å². The van der Waals surface area contributed by atoms with Crippen molar-refractivity contribution in [1.29, 1.82) is 0 Å². The summed E-state index contributed by atoms with van der Waals surface area (Å²) in [6.07, 6.45) is 2.87. The summed E-state index contributed by atoms with van der Waals surface area (Å²) < 4.78 is 39.6. The van der Waals surface area contributed by atoms with Crippen LogP contribution in [0.1, 0.15) is 11.1 Å². The molecule has 1 fully saturated rings. The number of halogens is 3. The summed E-state index contributed by atoms with van der Waals surface area (Å²) >= 11 is 0. The van der Waals surface area contributed by atoms with Crippen LogP contribution in [0.15, 0.2) is 36.7 Å². The number of hydrogen-bond acceptors (Lipinski definition) is 3. The molecule has 0 atom stereocenters. The van der Waals surface area contributed by atoms with Crippen molar-refractivity contribution in [2.75, 3.05) is 26.2 Å². The van der Waals surface area contributed by atoms with Gasteiger partial charge in [-0.15, -0.1) is 0 Å². The van der Waals surface area contributed by atoms with Crippen LogP contribution in [0.3, 0.4) is 0 Å². The summed E-state index contributed by atoms with van der Waals surface area (Å²) in [6.45, 7) is 4.46. The van der Waals surface area contributed by atoms with Crippen LogP contribution in [-0.2, 0) is 13.1 Å². The summed E-state index contributed by atoms with van der Waals surface area (Å²) in [5.41, 5.74) is 1.50. The molecule has 0 saturated carbocycles. The summed E-state index contributed by atoms with van der Waals surface area (Å²) in [5, 5.41) is 0. The maximum absolute atomic E-state index is 13.2. The lowest BCUT2D eigenvalue weighted by Crippen LogP contribution is -2.45. The molecule has 2 aromatic rings. The summed E-state index contributed by atoms with van der Waals surface area (Å²) in [6, 6.07) is 5.12. The van der Waals surface area contributed by atoms with E-state index in [9.17, 15) is 13.2 Å². The average Bonchev–Trinajstić information content (AvgIpc) is 2.48. The van der Waals surface area contributed by atoms with Gasteiger partial charge in [-0.25, -0.2) is 13.2 Å². The number of benzene rings is 1. The van der Waals surface area contributed by atoms with Crippen LogP contribution >= 0.6 is 0 Å². The SMILES string of the molecule is Fc1cncc(CN2CCN(Cc3cc(F)cc(F)c3)CC2)c1. The average molecular weight is 321 g/mol. The van der Waals surface area contributed by atoms with E-state index in [1.54, 1.807) is 6.20 Å². The Labute approximate surface area is 133 Å². The third-order valence-electron chi connectivity index (χ3n) is 3.96. The third kappa shape index (κ3) is 4.53. The molecule has 0 bridgehead atoms. The lowest BCUT2D eigenvalue weighted by molar-refractivity contribution is 0.121. The van der Waals surface area contributed by atoms with Crippen molar-refractivity contribution in [3.8, 4) is 0 Å². The summed E-state index contributed by atoms with van der Waals surface area (Å²) in [5.74, 6) is -1.41. The Morgan fingerprint density at radius 2 is 1.22 bits per heavy atom. The second-order valence-corrected chi connectivity index (χ2v) is 5.84. The second kappa shape index (κ2) is 7.10. The van der Waals surface area contributed by atoms with Crippen molar-refractivity contribution >= 4 is 0 Å². The summed E-state index contributed by atoms with van der Waals surface area (Å²) in [4.78, 5) is 8.24. The quantitative estimate of drug-likeness (QED) is 0.863. The van der Waals surface area contributed by atoms with Crippen LogP contribution in [0.25, 0.3) is 0 Å². The Morgan fingerprint density at radius 3 is 1.78 bits per heavy atom. The molecule has 0 amide bonds. The fraction of sp³-hybridized carbons (Fsp3) is 0.353. The molecule has 0 unspecified atom stereocenters. The molecule has 1 saturated heterocycles. The maximum Gasteiger partial charge on any atom is 0.141 e. The van der Waals surface area contributed by atoms with Crippen molar-refractivity contribution < 1.29 is 13.2 Å². The van der Waals surface area contributed by atoms with E-state index in [0.717, 1.165) is 37.8 Å². The molecular formula is C17H18F3N3. The smallest absolute Gasteiger partial charge is 0.141 e. The maximum atomic E-state index is 13.2. The van der Waals surface area contributed by atoms with Crippen molar-refractivity contribution in [2.45, 2.75) is 13.1 Å². The van der Waals surface area contributed by atoms with Crippen molar-refractivity contribution in [3.63, 3.8) is 0 Å². The van der Waals surface area contributed by atoms with E-state index in [0.29, 0.717) is 18.7 Å². The van der Waals surface area contributed by atoms with Gasteiger partial charge in [-0.05, 0) is 29.3 Å². The number of nitrogens with zero attached hydrogens (tertiary/aromatic N) is 3. The number of rotatable bonds is 4. The van der Waals surface area contributed by atoms with E-state index in [1.165, 1.54) is 24.4 Å². The highest BCUT2D eigenvalue weighted by Crippen LogP contribution is 2.14. The van der Waals surface area contributed by atoms with Gasteiger partial charge in [0.25, 0.3) is 0 Å². The lowest BCUT2D eigenvalue weighted by atomic mass is 10.1. The largest absolute Gasteiger partial charge is 0.297 e. The zero-order valence-corrected chi connectivity index (χ0v) is 12.7. The number of piperazine rings is 1. The van der Waals surface area contributed by atoms with Crippen LogP contribution in [0.4, 0.5) is 13.2 Å². The van der Waals surface area contributed by atoms with Crippen LogP contribution in [0.5, 0.6) is 0 Å². The molecule has 0 N–H and O–H groups in total. The third-order valence-corrected chi connectivity index (χ3v) is 3.96. The van der Waals surface area contributed by atoms with Gasteiger partial charge in [-0.3, -0.25) is 14.8 Å². The molecule has 2 heterocycles. The predicted molar refractivity (Wildman–Crippen MR) is 81.1 cm³/mol. The Kier molecular flexibility index (Phi) is 4.93. The molecule has 0 aliphatic carbocycles. The molecule has 0 spiro atoms. The van der Waals surface area contributed by atoms with Gasteiger partial charge >= 0.3 is 0 Å². The molecule has 6 heteroatoms. The zero-order chi connectivity index (χ0) is 16.2. The van der Waals surface area contributed by atoms with Gasteiger partial charge in [0.15, 0.2) is 0 Å². The molecule has 1 aromatic heterocycles. The first kappa shape index (κ1) is 16.0. The number of pyridine rings is 1. The molecular weight excluding hydrogens is 303 g/mol. The van der Waals surface area contributed by atoms with Gasteiger partial charge in [0.1, 0.15) is 17.5 Å². The van der Waals surface area contributed by atoms with E-state index in [4.69, 9.17) is 0 Å². The first-order valence-electron chi connectivity index (χ1n) is 7.57. The molecule has 1 aliphatic rings. The van der Waals surface area contributed by atoms with Gasteiger partial charge in [-0.1, -0.05) is 0 Å². The van der Waals surface area contributed by atoms with Crippen molar-refractivity contribution in [1.82, 2.24) is 14.8 Å². The number of hydrogen-bond donors (Lipinski definition) is 0. The summed E-state index contributed by atoms with van der Waals surface area (Å²) in [7, 11) is 0. The van der Waals surface area contributed by atoms with E-state index < -0.39 is 11.6 Å². The lowest BCUT2D eigenvalue weighted by Gasteiger charge is -2.34. The van der Waals surface area contributed by atoms with E-state index in [-0.39, 0.29) is 5.82 Å². The van der Waals surface area contributed by atoms with Gasteiger partial charge in [0.05, 0.1) is 6.20 Å². The second-order valence-electron chi connectivity index (χ2n) is 5.84. The van der Waals surface area contributed by atoms with Gasteiger partial charge in [-0.2, -0.15) is 0 Å². The van der Waals surface area contributed by atoms with Gasteiger partial charge in [0.2, 0.25) is 0 Å². The predicted octanol–water partition coefficient (Wildman–Crippen LogP) is 2.82. The molecule has 3 nitrogen and oxygen atoms in total.